The van der Waals surface area contributed by atoms with E-state index >= 15 is 0 Å². The summed E-state index contributed by atoms with van der Waals surface area (Å²) in [5.74, 6) is -0.323. The second-order valence-corrected chi connectivity index (χ2v) is 5.87. The van der Waals surface area contributed by atoms with Crippen molar-refractivity contribution in [3.05, 3.63) is 16.0 Å². The van der Waals surface area contributed by atoms with E-state index in [2.05, 4.69) is 4.99 Å². The highest BCUT2D eigenvalue weighted by Gasteiger charge is 2.29. The first-order valence-corrected chi connectivity index (χ1v) is 8.11. The third kappa shape index (κ3) is 3.47. The molecule has 1 aliphatic heterocycles. The minimum Gasteiger partial charge on any atom is -0.483 e. The van der Waals surface area contributed by atoms with Crippen molar-refractivity contribution in [1.29, 1.82) is 0 Å². The van der Waals surface area contributed by atoms with Crippen molar-refractivity contribution in [2.75, 3.05) is 19.8 Å². The summed E-state index contributed by atoms with van der Waals surface area (Å²) in [6.07, 6.45) is 1.99. The molecule has 6 nitrogen and oxygen atoms in total. The maximum Gasteiger partial charge on any atom is 0.341 e. The molecule has 1 amide bonds. The molecule has 0 saturated carbocycles. The van der Waals surface area contributed by atoms with Gasteiger partial charge in [-0.1, -0.05) is 0 Å². The predicted molar refractivity (Wildman–Crippen MR) is 84.8 cm³/mol. The number of hydrogen-bond donors (Lipinski definition) is 0. The lowest BCUT2D eigenvalue weighted by Gasteiger charge is -2.25. The molecule has 0 N–H and O–H groups in total. The van der Waals surface area contributed by atoms with Crippen LogP contribution in [0.25, 0.3) is 0 Å². The summed E-state index contributed by atoms with van der Waals surface area (Å²) >= 11 is 1.42. The van der Waals surface area contributed by atoms with E-state index in [0.717, 1.165) is 10.4 Å². The van der Waals surface area contributed by atoms with Crippen molar-refractivity contribution >= 4 is 34.6 Å². The number of carbonyl (C=O) groups is 2. The number of ether oxygens (including phenoxy) is 2. The number of esters is 1. The number of aliphatic imine (C=N–C) groups is 1. The molecule has 2 rings (SSSR count). The Kier molecular flexibility index (Phi) is 5.54. The second-order valence-electron chi connectivity index (χ2n) is 4.78. The van der Waals surface area contributed by atoms with Crippen molar-refractivity contribution < 1.29 is 19.1 Å². The molecule has 0 unspecified atom stereocenters. The van der Waals surface area contributed by atoms with Gasteiger partial charge in [0.15, 0.2) is 6.40 Å². The lowest BCUT2D eigenvalue weighted by Crippen LogP contribution is -2.33. The quantitative estimate of drug-likeness (QED) is 0.474. The Labute approximate surface area is 133 Å². The van der Waals surface area contributed by atoms with Crippen LogP contribution in [0, 0.1) is 0 Å². The van der Waals surface area contributed by atoms with Gasteiger partial charge in [0.05, 0.1) is 19.8 Å². The highest BCUT2D eigenvalue weighted by molar-refractivity contribution is 7.16. The fourth-order valence-electron chi connectivity index (χ4n) is 2.32. The van der Waals surface area contributed by atoms with E-state index in [0.29, 0.717) is 43.3 Å². The van der Waals surface area contributed by atoms with Gasteiger partial charge in [-0.3, -0.25) is 4.79 Å². The first-order valence-electron chi connectivity index (χ1n) is 7.29. The van der Waals surface area contributed by atoms with Crippen molar-refractivity contribution in [2.24, 2.45) is 4.99 Å². The van der Waals surface area contributed by atoms with Gasteiger partial charge in [-0.2, -0.15) is 0 Å². The Balaban J connectivity index is 2.37. The SMILES string of the molecule is CCOC=Nc1sc2c(c1C(=O)OCC)CCN(C(C)=O)C2. The van der Waals surface area contributed by atoms with E-state index in [1.54, 1.807) is 18.7 Å². The molecule has 0 aromatic carbocycles. The van der Waals surface area contributed by atoms with E-state index in [4.69, 9.17) is 9.47 Å². The number of amides is 1. The van der Waals surface area contributed by atoms with E-state index in [-0.39, 0.29) is 11.9 Å². The van der Waals surface area contributed by atoms with E-state index in [9.17, 15) is 9.59 Å². The maximum absolute atomic E-state index is 12.2. The minimum absolute atomic E-state index is 0.0381. The number of rotatable bonds is 5. The van der Waals surface area contributed by atoms with Crippen molar-refractivity contribution in [1.82, 2.24) is 4.90 Å². The average Bonchev–Trinajstić information content (AvgIpc) is 2.85. The smallest absolute Gasteiger partial charge is 0.341 e. The molecule has 1 aromatic heterocycles. The van der Waals surface area contributed by atoms with Crippen LogP contribution in [-0.4, -0.2) is 42.9 Å². The molecule has 0 aliphatic carbocycles. The highest BCUT2D eigenvalue weighted by Crippen LogP contribution is 2.39. The molecule has 7 heteroatoms. The largest absolute Gasteiger partial charge is 0.483 e. The fraction of sp³-hybridized carbons (Fsp3) is 0.533. The van der Waals surface area contributed by atoms with Gasteiger partial charge >= 0.3 is 5.97 Å². The first-order chi connectivity index (χ1) is 10.6. The van der Waals surface area contributed by atoms with Crippen LogP contribution in [0.1, 0.15) is 41.6 Å². The molecular formula is C15H20N2O4S. The third-order valence-electron chi connectivity index (χ3n) is 3.37. The van der Waals surface area contributed by atoms with Crippen LogP contribution in [0.3, 0.4) is 0 Å². The molecule has 0 bridgehead atoms. The average molecular weight is 324 g/mol. The Hall–Kier alpha value is -1.89. The number of hydrogen-bond acceptors (Lipinski definition) is 6. The van der Waals surface area contributed by atoms with Crippen LogP contribution in [0.15, 0.2) is 4.99 Å². The van der Waals surface area contributed by atoms with Crippen LogP contribution in [-0.2, 0) is 27.2 Å². The Morgan fingerprint density at radius 3 is 2.77 bits per heavy atom. The van der Waals surface area contributed by atoms with Crippen molar-refractivity contribution in [3.63, 3.8) is 0 Å². The number of nitrogens with zero attached hydrogens (tertiary/aromatic N) is 2. The molecule has 1 aliphatic rings. The summed E-state index contributed by atoms with van der Waals surface area (Å²) in [5, 5.41) is 0.585. The Bertz CT molecular complexity index is 595. The predicted octanol–water partition coefficient (Wildman–Crippen LogP) is 2.53. The standard InChI is InChI=1S/C15H20N2O4S/c1-4-20-9-16-14-13(15(19)21-5-2)11-6-7-17(10(3)18)8-12(11)22-14/h9H,4-8H2,1-3H3. The fourth-order valence-corrected chi connectivity index (χ4v) is 3.51. The zero-order chi connectivity index (χ0) is 16.1. The zero-order valence-electron chi connectivity index (χ0n) is 13.0. The molecule has 0 saturated heterocycles. The maximum atomic E-state index is 12.2. The molecule has 0 fully saturated rings. The molecular weight excluding hydrogens is 304 g/mol. The van der Waals surface area contributed by atoms with Gasteiger partial charge in [0.1, 0.15) is 10.6 Å². The lowest BCUT2D eigenvalue weighted by atomic mass is 10.0. The van der Waals surface area contributed by atoms with Gasteiger partial charge in [-0.15, -0.1) is 11.3 Å². The van der Waals surface area contributed by atoms with E-state index < -0.39 is 0 Å². The molecule has 120 valence electrons. The normalized spacial score (nSPS) is 14.0. The van der Waals surface area contributed by atoms with Gasteiger partial charge in [-0.25, -0.2) is 9.79 Å². The van der Waals surface area contributed by atoms with Gasteiger partial charge in [0, 0.05) is 18.3 Å². The van der Waals surface area contributed by atoms with Gasteiger partial charge in [0.25, 0.3) is 0 Å². The summed E-state index contributed by atoms with van der Waals surface area (Å²) < 4.78 is 10.3. The van der Waals surface area contributed by atoms with Crippen LogP contribution < -0.4 is 0 Å². The summed E-state index contributed by atoms with van der Waals surface area (Å²) in [6.45, 7) is 7.16. The van der Waals surface area contributed by atoms with Gasteiger partial charge < -0.3 is 14.4 Å². The summed E-state index contributed by atoms with van der Waals surface area (Å²) in [4.78, 5) is 30.8. The summed E-state index contributed by atoms with van der Waals surface area (Å²) in [5.41, 5.74) is 1.46. The van der Waals surface area contributed by atoms with Crippen LogP contribution in [0.5, 0.6) is 0 Å². The monoisotopic (exact) mass is 324 g/mol. The summed E-state index contributed by atoms with van der Waals surface area (Å²) in [6, 6.07) is 0. The van der Waals surface area contributed by atoms with Gasteiger partial charge in [0.2, 0.25) is 5.91 Å². The first kappa shape index (κ1) is 16.5. The van der Waals surface area contributed by atoms with E-state index in [1.165, 1.54) is 17.7 Å². The third-order valence-corrected chi connectivity index (χ3v) is 4.50. The highest BCUT2D eigenvalue weighted by atomic mass is 32.1. The van der Waals surface area contributed by atoms with Crippen LogP contribution >= 0.6 is 11.3 Å². The Morgan fingerprint density at radius 2 is 2.14 bits per heavy atom. The van der Waals surface area contributed by atoms with Crippen molar-refractivity contribution in [2.45, 2.75) is 33.7 Å². The molecule has 0 radical (unpaired) electrons. The number of carbonyl (C=O) groups excluding carboxylic acids is 2. The number of fused-ring (bicyclic) bond motifs is 1. The van der Waals surface area contributed by atoms with Gasteiger partial charge in [-0.05, 0) is 25.8 Å². The summed E-state index contributed by atoms with van der Waals surface area (Å²) in [7, 11) is 0. The second kappa shape index (κ2) is 7.40. The molecule has 1 aromatic rings. The molecule has 0 spiro atoms. The van der Waals surface area contributed by atoms with Crippen molar-refractivity contribution in [3.8, 4) is 0 Å². The lowest BCUT2D eigenvalue weighted by molar-refractivity contribution is -0.129. The van der Waals surface area contributed by atoms with Crippen LogP contribution in [0.2, 0.25) is 0 Å². The number of thiophene rings is 1. The zero-order valence-corrected chi connectivity index (χ0v) is 13.9. The van der Waals surface area contributed by atoms with E-state index in [1.807, 2.05) is 6.92 Å². The van der Waals surface area contributed by atoms with Crippen LogP contribution in [0.4, 0.5) is 5.00 Å². The minimum atomic E-state index is -0.361. The molecule has 22 heavy (non-hydrogen) atoms. The molecule has 2 heterocycles. The Morgan fingerprint density at radius 1 is 1.36 bits per heavy atom. The topological polar surface area (TPSA) is 68.2 Å². The molecule has 0 atom stereocenters.